The van der Waals surface area contributed by atoms with E-state index in [-0.39, 0.29) is 17.9 Å². The second-order valence-electron chi connectivity index (χ2n) is 3.78. The number of nitrogens with one attached hydrogen (secondary N) is 1. The lowest BCUT2D eigenvalue weighted by atomic mass is 10.1. The predicted molar refractivity (Wildman–Crippen MR) is 54.6 cm³/mol. The first-order valence-corrected chi connectivity index (χ1v) is 5.11. The minimum absolute atomic E-state index is 0.0833. The predicted octanol–water partition coefficient (Wildman–Crippen LogP) is 0.768. The number of carbonyl (C=O) groups excluding carboxylic acids is 1. The van der Waals surface area contributed by atoms with E-state index in [0.717, 1.165) is 18.7 Å². The van der Waals surface area contributed by atoms with Gasteiger partial charge in [0, 0.05) is 13.7 Å². The van der Waals surface area contributed by atoms with E-state index in [4.69, 9.17) is 9.15 Å². The van der Waals surface area contributed by atoms with Crippen LogP contribution in [0, 0.1) is 0 Å². The zero-order valence-corrected chi connectivity index (χ0v) is 8.73. The second-order valence-corrected chi connectivity index (χ2v) is 3.78. The zero-order valence-electron chi connectivity index (χ0n) is 8.73. The summed E-state index contributed by atoms with van der Waals surface area (Å²) < 4.78 is 10.3. The van der Waals surface area contributed by atoms with Crippen molar-refractivity contribution in [3.63, 3.8) is 0 Å². The summed E-state index contributed by atoms with van der Waals surface area (Å²) in [6, 6.07) is 3.53. The van der Waals surface area contributed by atoms with E-state index in [1.54, 1.807) is 19.4 Å². The molecule has 2 atom stereocenters. The number of methoxy groups -OCH3 is 1. The van der Waals surface area contributed by atoms with Crippen LogP contribution < -0.4 is 5.32 Å². The van der Waals surface area contributed by atoms with Crippen LogP contribution in [0.25, 0.3) is 0 Å². The molecular weight excluding hydrogens is 194 g/mol. The SMILES string of the molecule is COC1CNC(C(=O)Cc2ccco2)C1. The summed E-state index contributed by atoms with van der Waals surface area (Å²) in [5.74, 6) is 0.896. The highest BCUT2D eigenvalue weighted by Gasteiger charge is 2.29. The smallest absolute Gasteiger partial charge is 0.157 e. The zero-order chi connectivity index (χ0) is 10.7. The highest BCUT2D eigenvalue weighted by molar-refractivity contribution is 5.86. The van der Waals surface area contributed by atoms with Crippen LogP contribution in [-0.2, 0) is 16.0 Å². The van der Waals surface area contributed by atoms with Crippen molar-refractivity contribution in [2.75, 3.05) is 13.7 Å². The topological polar surface area (TPSA) is 51.5 Å². The Morgan fingerprint density at radius 2 is 2.60 bits per heavy atom. The summed E-state index contributed by atoms with van der Waals surface area (Å²) in [5, 5.41) is 3.15. The maximum absolute atomic E-state index is 11.8. The molecule has 1 fully saturated rings. The van der Waals surface area contributed by atoms with Crippen LogP contribution in [0.3, 0.4) is 0 Å². The molecule has 2 heterocycles. The molecule has 2 rings (SSSR count). The average molecular weight is 209 g/mol. The summed E-state index contributed by atoms with van der Waals surface area (Å²) in [6.07, 6.45) is 2.87. The Kier molecular flexibility index (Phi) is 3.18. The summed E-state index contributed by atoms with van der Waals surface area (Å²) in [6.45, 7) is 0.755. The van der Waals surface area contributed by atoms with Gasteiger partial charge in [-0.2, -0.15) is 0 Å². The number of furan rings is 1. The van der Waals surface area contributed by atoms with Crippen molar-refractivity contribution < 1.29 is 13.9 Å². The molecular formula is C11H15NO3. The third-order valence-corrected chi connectivity index (χ3v) is 2.74. The van der Waals surface area contributed by atoms with E-state index < -0.39 is 0 Å². The number of ether oxygens (including phenoxy) is 1. The van der Waals surface area contributed by atoms with E-state index in [1.807, 2.05) is 6.07 Å². The lowest BCUT2D eigenvalue weighted by Gasteiger charge is -2.07. The van der Waals surface area contributed by atoms with Crippen LogP contribution in [0.5, 0.6) is 0 Å². The number of carbonyl (C=O) groups is 1. The molecule has 0 bridgehead atoms. The van der Waals surface area contributed by atoms with Crippen molar-refractivity contribution in [3.8, 4) is 0 Å². The Balaban J connectivity index is 1.87. The Hall–Kier alpha value is -1.13. The van der Waals surface area contributed by atoms with Crippen molar-refractivity contribution in [2.45, 2.75) is 25.0 Å². The highest BCUT2D eigenvalue weighted by atomic mass is 16.5. The van der Waals surface area contributed by atoms with Gasteiger partial charge in [0.05, 0.1) is 24.8 Å². The van der Waals surface area contributed by atoms with Gasteiger partial charge in [-0.3, -0.25) is 4.79 Å². The molecule has 15 heavy (non-hydrogen) atoms. The van der Waals surface area contributed by atoms with Gasteiger partial charge in [0.1, 0.15) is 5.76 Å². The molecule has 4 heteroatoms. The van der Waals surface area contributed by atoms with Crippen LogP contribution in [-0.4, -0.2) is 31.6 Å². The van der Waals surface area contributed by atoms with Gasteiger partial charge >= 0.3 is 0 Å². The van der Waals surface area contributed by atoms with Gasteiger partial charge in [0.15, 0.2) is 5.78 Å². The van der Waals surface area contributed by atoms with Crippen molar-refractivity contribution in [2.24, 2.45) is 0 Å². The first-order chi connectivity index (χ1) is 7.29. The van der Waals surface area contributed by atoms with E-state index in [0.29, 0.717) is 6.42 Å². The number of hydrogen-bond acceptors (Lipinski definition) is 4. The second kappa shape index (κ2) is 4.59. The molecule has 0 saturated carbocycles. The summed E-state index contributed by atoms with van der Waals surface area (Å²) in [5.41, 5.74) is 0. The first-order valence-electron chi connectivity index (χ1n) is 5.11. The van der Waals surface area contributed by atoms with E-state index in [1.165, 1.54) is 0 Å². The standard InChI is InChI=1S/C11H15NO3/c1-14-9-5-10(12-7-9)11(13)6-8-3-2-4-15-8/h2-4,9-10,12H,5-7H2,1H3. The lowest BCUT2D eigenvalue weighted by Crippen LogP contribution is -2.31. The van der Waals surface area contributed by atoms with Gasteiger partial charge in [-0.05, 0) is 18.6 Å². The monoisotopic (exact) mass is 209 g/mol. The molecule has 1 saturated heterocycles. The molecule has 2 unspecified atom stereocenters. The molecule has 1 aromatic heterocycles. The summed E-state index contributed by atoms with van der Waals surface area (Å²) >= 11 is 0. The van der Waals surface area contributed by atoms with Crippen molar-refractivity contribution in [1.29, 1.82) is 0 Å². The molecule has 4 nitrogen and oxygen atoms in total. The van der Waals surface area contributed by atoms with E-state index in [2.05, 4.69) is 5.32 Å². The van der Waals surface area contributed by atoms with Crippen molar-refractivity contribution in [3.05, 3.63) is 24.2 Å². The molecule has 0 spiro atoms. The van der Waals surface area contributed by atoms with Crippen LogP contribution in [0.2, 0.25) is 0 Å². The molecule has 0 aliphatic carbocycles. The fourth-order valence-corrected chi connectivity index (χ4v) is 1.84. The van der Waals surface area contributed by atoms with E-state index in [9.17, 15) is 4.79 Å². The van der Waals surface area contributed by atoms with Gasteiger partial charge in [0.2, 0.25) is 0 Å². The van der Waals surface area contributed by atoms with Crippen molar-refractivity contribution in [1.82, 2.24) is 5.32 Å². The maximum Gasteiger partial charge on any atom is 0.157 e. The summed E-state index contributed by atoms with van der Waals surface area (Å²) in [4.78, 5) is 11.8. The van der Waals surface area contributed by atoms with E-state index >= 15 is 0 Å². The normalized spacial score (nSPS) is 25.7. The van der Waals surface area contributed by atoms with Gasteiger partial charge < -0.3 is 14.5 Å². The fourth-order valence-electron chi connectivity index (χ4n) is 1.84. The molecule has 1 aromatic rings. The maximum atomic E-state index is 11.8. The molecule has 1 aliphatic heterocycles. The third-order valence-electron chi connectivity index (χ3n) is 2.74. The van der Waals surface area contributed by atoms with Gasteiger partial charge in [0.25, 0.3) is 0 Å². The number of hydrogen-bond donors (Lipinski definition) is 1. The quantitative estimate of drug-likeness (QED) is 0.795. The third kappa shape index (κ3) is 2.46. The molecule has 0 aromatic carbocycles. The van der Waals surface area contributed by atoms with Gasteiger partial charge in [-0.25, -0.2) is 0 Å². The molecule has 0 amide bonds. The molecule has 82 valence electrons. The van der Waals surface area contributed by atoms with Crippen LogP contribution in [0.1, 0.15) is 12.2 Å². The molecule has 1 aliphatic rings. The van der Waals surface area contributed by atoms with Gasteiger partial charge in [-0.1, -0.05) is 0 Å². The average Bonchev–Trinajstić information content (AvgIpc) is 2.86. The highest BCUT2D eigenvalue weighted by Crippen LogP contribution is 2.13. The summed E-state index contributed by atoms with van der Waals surface area (Å²) in [7, 11) is 1.67. The Morgan fingerprint density at radius 3 is 3.20 bits per heavy atom. The fraction of sp³-hybridized carbons (Fsp3) is 0.545. The van der Waals surface area contributed by atoms with Crippen LogP contribution in [0.15, 0.2) is 22.8 Å². The molecule has 1 N–H and O–H groups in total. The number of Topliss-reactive ketones (excluding diaryl/α,β-unsaturated/α-hetero) is 1. The molecule has 0 radical (unpaired) electrons. The minimum Gasteiger partial charge on any atom is -0.469 e. The van der Waals surface area contributed by atoms with Crippen LogP contribution >= 0.6 is 0 Å². The largest absolute Gasteiger partial charge is 0.469 e. The lowest BCUT2D eigenvalue weighted by molar-refractivity contribution is -0.120. The first kappa shape index (κ1) is 10.4. The van der Waals surface area contributed by atoms with Crippen molar-refractivity contribution >= 4 is 5.78 Å². The Bertz CT molecular complexity index is 321. The Morgan fingerprint density at radius 1 is 1.73 bits per heavy atom. The number of rotatable bonds is 4. The Labute approximate surface area is 88.6 Å². The number of ketones is 1. The van der Waals surface area contributed by atoms with Crippen LogP contribution in [0.4, 0.5) is 0 Å². The minimum atomic E-state index is -0.0833. The van der Waals surface area contributed by atoms with Gasteiger partial charge in [-0.15, -0.1) is 0 Å².